The van der Waals surface area contributed by atoms with Crippen molar-refractivity contribution in [3.05, 3.63) is 65.6 Å². The summed E-state index contributed by atoms with van der Waals surface area (Å²) < 4.78 is 13.7. The second kappa shape index (κ2) is 5.44. The van der Waals surface area contributed by atoms with Gasteiger partial charge >= 0.3 is 5.97 Å². The number of nitrogens with one attached hydrogen (secondary N) is 1. The number of rotatable bonds is 3. The van der Waals surface area contributed by atoms with E-state index in [1.54, 1.807) is 31.3 Å². The van der Waals surface area contributed by atoms with Crippen molar-refractivity contribution in [1.29, 1.82) is 0 Å². The van der Waals surface area contributed by atoms with Gasteiger partial charge in [0.15, 0.2) is 0 Å². The zero-order chi connectivity index (χ0) is 15.7. The lowest BCUT2D eigenvalue weighted by Crippen LogP contribution is -1.99. The van der Waals surface area contributed by atoms with Crippen molar-refractivity contribution in [2.75, 3.05) is 5.32 Å². The van der Waals surface area contributed by atoms with Gasteiger partial charge in [-0.1, -0.05) is 6.07 Å². The minimum absolute atomic E-state index is 0.186. The van der Waals surface area contributed by atoms with Crippen LogP contribution in [0.15, 0.2) is 48.7 Å². The lowest BCUT2D eigenvalue weighted by molar-refractivity contribution is 0.0697. The molecule has 3 rings (SSSR count). The number of aromatic carboxylic acids is 1. The fourth-order valence-corrected chi connectivity index (χ4v) is 2.38. The smallest absolute Gasteiger partial charge is 0.335 e. The molecule has 0 aliphatic heterocycles. The molecule has 0 amide bonds. The molecule has 0 radical (unpaired) electrons. The van der Waals surface area contributed by atoms with E-state index in [2.05, 4.69) is 10.3 Å². The molecule has 0 unspecified atom stereocenters. The topological polar surface area (TPSA) is 62.2 Å². The summed E-state index contributed by atoms with van der Waals surface area (Å²) in [6.07, 6.45) is 1.64. The number of pyridine rings is 1. The molecule has 1 aromatic heterocycles. The summed E-state index contributed by atoms with van der Waals surface area (Å²) >= 11 is 0. The normalized spacial score (nSPS) is 10.6. The molecule has 0 atom stereocenters. The monoisotopic (exact) mass is 296 g/mol. The van der Waals surface area contributed by atoms with E-state index in [4.69, 9.17) is 5.11 Å². The van der Waals surface area contributed by atoms with E-state index in [1.807, 2.05) is 0 Å². The highest BCUT2D eigenvalue weighted by molar-refractivity contribution is 5.95. The number of aryl methyl sites for hydroxylation is 1. The fourth-order valence-electron chi connectivity index (χ4n) is 2.38. The van der Waals surface area contributed by atoms with Crippen LogP contribution in [-0.4, -0.2) is 16.1 Å². The first-order chi connectivity index (χ1) is 10.5. The summed E-state index contributed by atoms with van der Waals surface area (Å²) in [5.74, 6) is -1.33. The molecule has 0 aliphatic rings. The van der Waals surface area contributed by atoms with Gasteiger partial charge < -0.3 is 10.4 Å². The minimum Gasteiger partial charge on any atom is -0.478 e. The number of nitrogens with zero attached hydrogens (tertiary/aromatic N) is 1. The molecule has 22 heavy (non-hydrogen) atoms. The van der Waals surface area contributed by atoms with Crippen molar-refractivity contribution in [2.45, 2.75) is 6.92 Å². The number of hydrogen-bond acceptors (Lipinski definition) is 3. The van der Waals surface area contributed by atoms with Crippen LogP contribution < -0.4 is 5.32 Å². The van der Waals surface area contributed by atoms with E-state index in [0.29, 0.717) is 22.3 Å². The zero-order valence-corrected chi connectivity index (χ0v) is 11.8. The van der Waals surface area contributed by atoms with Gasteiger partial charge in [-0.15, -0.1) is 0 Å². The van der Waals surface area contributed by atoms with Crippen molar-refractivity contribution >= 4 is 28.2 Å². The maximum Gasteiger partial charge on any atom is 0.335 e. The number of hydrogen-bond donors (Lipinski definition) is 2. The first-order valence-corrected chi connectivity index (χ1v) is 6.70. The van der Waals surface area contributed by atoms with E-state index < -0.39 is 5.97 Å². The van der Waals surface area contributed by atoms with Crippen molar-refractivity contribution in [1.82, 2.24) is 4.98 Å². The van der Waals surface area contributed by atoms with Crippen LogP contribution in [0.25, 0.3) is 10.9 Å². The zero-order valence-electron chi connectivity index (χ0n) is 11.8. The van der Waals surface area contributed by atoms with E-state index in [-0.39, 0.29) is 11.4 Å². The second-order valence-corrected chi connectivity index (χ2v) is 4.99. The summed E-state index contributed by atoms with van der Waals surface area (Å²) in [4.78, 5) is 15.3. The van der Waals surface area contributed by atoms with Gasteiger partial charge in [0.2, 0.25) is 0 Å². The van der Waals surface area contributed by atoms with Crippen LogP contribution in [0.5, 0.6) is 0 Å². The Hall–Kier alpha value is -2.95. The molecular formula is C17H13FN2O2. The SMILES string of the molecule is Cc1cc(F)cc2c(Nc3cccc(C(=O)O)c3)ccnc12. The van der Waals surface area contributed by atoms with E-state index in [0.717, 1.165) is 5.56 Å². The molecule has 0 fully saturated rings. The first-order valence-electron chi connectivity index (χ1n) is 6.70. The van der Waals surface area contributed by atoms with E-state index >= 15 is 0 Å². The van der Waals surface area contributed by atoms with E-state index in [9.17, 15) is 9.18 Å². The number of anilines is 2. The maximum atomic E-state index is 13.7. The number of halogens is 1. The summed E-state index contributed by atoms with van der Waals surface area (Å²) in [6.45, 7) is 1.80. The summed E-state index contributed by atoms with van der Waals surface area (Å²) in [5.41, 5.74) is 2.94. The van der Waals surface area contributed by atoms with Gasteiger partial charge in [-0.25, -0.2) is 9.18 Å². The van der Waals surface area contributed by atoms with Gasteiger partial charge in [-0.2, -0.15) is 0 Å². The Morgan fingerprint density at radius 1 is 1.23 bits per heavy atom. The molecule has 2 N–H and O–H groups in total. The van der Waals surface area contributed by atoms with Crippen LogP contribution in [0.2, 0.25) is 0 Å². The molecular weight excluding hydrogens is 283 g/mol. The van der Waals surface area contributed by atoms with Gasteiger partial charge in [0.25, 0.3) is 0 Å². The van der Waals surface area contributed by atoms with Gasteiger partial charge in [-0.3, -0.25) is 4.98 Å². The second-order valence-electron chi connectivity index (χ2n) is 4.99. The standard InChI is InChI=1S/C17H13FN2O2/c1-10-7-12(18)9-14-15(5-6-19-16(10)14)20-13-4-2-3-11(8-13)17(21)22/h2-9H,1H3,(H,19,20)(H,21,22). The number of aromatic nitrogens is 1. The Morgan fingerprint density at radius 2 is 2.05 bits per heavy atom. The molecule has 2 aromatic carbocycles. The maximum absolute atomic E-state index is 13.7. The van der Waals surface area contributed by atoms with Crippen LogP contribution in [0.1, 0.15) is 15.9 Å². The van der Waals surface area contributed by atoms with Gasteiger partial charge in [-0.05, 0) is 48.9 Å². The van der Waals surface area contributed by atoms with Crippen LogP contribution in [0.4, 0.5) is 15.8 Å². The molecule has 5 heteroatoms. The number of benzene rings is 2. The Kier molecular flexibility index (Phi) is 3.47. The van der Waals surface area contributed by atoms with Crippen LogP contribution in [-0.2, 0) is 0 Å². The van der Waals surface area contributed by atoms with Crippen LogP contribution in [0, 0.1) is 12.7 Å². The Labute approximate surface area is 126 Å². The Bertz CT molecular complexity index is 878. The molecule has 0 spiro atoms. The Morgan fingerprint density at radius 3 is 2.82 bits per heavy atom. The highest BCUT2D eigenvalue weighted by atomic mass is 19.1. The number of carbonyl (C=O) groups is 1. The van der Waals surface area contributed by atoms with Gasteiger partial charge in [0.05, 0.1) is 11.1 Å². The van der Waals surface area contributed by atoms with E-state index in [1.165, 1.54) is 24.3 Å². The van der Waals surface area contributed by atoms with Crippen molar-refractivity contribution in [3.8, 4) is 0 Å². The lowest BCUT2D eigenvalue weighted by Gasteiger charge is -2.11. The third kappa shape index (κ3) is 2.61. The molecule has 3 aromatic rings. The van der Waals surface area contributed by atoms with Crippen molar-refractivity contribution in [2.24, 2.45) is 0 Å². The average molecular weight is 296 g/mol. The lowest BCUT2D eigenvalue weighted by atomic mass is 10.1. The summed E-state index contributed by atoms with van der Waals surface area (Å²) in [6, 6.07) is 11.0. The fraction of sp³-hybridized carbons (Fsp3) is 0.0588. The Balaban J connectivity index is 2.08. The molecule has 0 saturated heterocycles. The first kappa shape index (κ1) is 14.0. The van der Waals surface area contributed by atoms with Crippen LogP contribution >= 0.6 is 0 Å². The summed E-state index contributed by atoms with van der Waals surface area (Å²) in [7, 11) is 0. The van der Waals surface area contributed by atoms with Crippen molar-refractivity contribution < 1.29 is 14.3 Å². The van der Waals surface area contributed by atoms with Crippen LogP contribution in [0.3, 0.4) is 0 Å². The molecule has 4 nitrogen and oxygen atoms in total. The highest BCUT2D eigenvalue weighted by Gasteiger charge is 2.08. The minimum atomic E-state index is -0.995. The number of carboxylic acid groups (broad SMARTS) is 1. The van der Waals surface area contributed by atoms with Gasteiger partial charge in [0.1, 0.15) is 5.82 Å². The largest absolute Gasteiger partial charge is 0.478 e. The average Bonchev–Trinajstić information content (AvgIpc) is 2.48. The third-order valence-electron chi connectivity index (χ3n) is 3.39. The predicted octanol–water partition coefficient (Wildman–Crippen LogP) is 4.12. The quantitative estimate of drug-likeness (QED) is 0.763. The molecule has 1 heterocycles. The highest BCUT2D eigenvalue weighted by Crippen LogP contribution is 2.28. The summed E-state index contributed by atoms with van der Waals surface area (Å²) in [5, 5.41) is 12.8. The number of carboxylic acids is 1. The van der Waals surface area contributed by atoms with Gasteiger partial charge in [0, 0.05) is 23.0 Å². The van der Waals surface area contributed by atoms with Crippen molar-refractivity contribution in [3.63, 3.8) is 0 Å². The molecule has 0 bridgehead atoms. The number of fused-ring (bicyclic) bond motifs is 1. The molecule has 0 saturated carbocycles. The predicted molar refractivity (Wildman–Crippen MR) is 83.1 cm³/mol. The molecule has 0 aliphatic carbocycles. The third-order valence-corrected chi connectivity index (χ3v) is 3.39. The molecule has 110 valence electrons.